The molecule has 13 heavy (non-hydrogen) atoms. The Morgan fingerprint density at radius 2 is 2.23 bits per heavy atom. The summed E-state index contributed by atoms with van der Waals surface area (Å²) in [5.74, 6) is 0.686. The zero-order valence-corrected chi connectivity index (χ0v) is 8.04. The summed E-state index contributed by atoms with van der Waals surface area (Å²) in [7, 11) is 2.99. The van der Waals surface area contributed by atoms with Crippen LogP contribution < -0.4 is 9.47 Å². The second kappa shape index (κ2) is 4.84. The minimum atomic E-state index is 0.112. The highest BCUT2D eigenvalue weighted by Gasteiger charge is 2.06. The summed E-state index contributed by atoms with van der Waals surface area (Å²) in [6.07, 6.45) is 1.42. The lowest BCUT2D eigenvalue weighted by molar-refractivity contribution is 0.0483. The van der Waals surface area contributed by atoms with Crippen LogP contribution in [0.3, 0.4) is 0 Å². The molecule has 0 aliphatic rings. The van der Waals surface area contributed by atoms with Gasteiger partial charge in [0.25, 0.3) is 5.88 Å². The van der Waals surface area contributed by atoms with E-state index in [1.807, 2.05) is 0 Å². The van der Waals surface area contributed by atoms with Gasteiger partial charge in [-0.2, -0.15) is 4.98 Å². The Balaban J connectivity index is 2.79. The van der Waals surface area contributed by atoms with Gasteiger partial charge in [0, 0.05) is 7.11 Å². The fraction of sp³-hybridized carbons (Fsp3) is 0.429. The summed E-state index contributed by atoms with van der Waals surface area (Å²) in [5.41, 5.74) is 0. The standard InChI is InChI=1S/C7H9ClN2O3/c1-11-4-13-5-3-9-7(8)10-6(5)12-2/h3H,4H2,1-2H3. The average Bonchev–Trinajstić information content (AvgIpc) is 2.16. The van der Waals surface area contributed by atoms with Gasteiger partial charge in [0.15, 0.2) is 6.79 Å². The SMILES string of the molecule is COCOc1cnc(Cl)nc1OC. The van der Waals surface area contributed by atoms with Gasteiger partial charge in [-0.15, -0.1) is 0 Å². The molecule has 6 heteroatoms. The maximum atomic E-state index is 5.54. The molecule has 72 valence electrons. The van der Waals surface area contributed by atoms with Crippen LogP contribution >= 0.6 is 11.6 Å². The number of rotatable bonds is 4. The third kappa shape index (κ3) is 2.71. The highest BCUT2D eigenvalue weighted by atomic mass is 35.5. The summed E-state index contributed by atoms with van der Waals surface area (Å²) < 4.78 is 14.7. The van der Waals surface area contributed by atoms with Crippen LogP contribution in [0.25, 0.3) is 0 Å². The fourth-order valence-corrected chi connectivity index (χ4v) is 0.828. The first-order chi connectivity index (χ1) is 6.27. The van der Waals surface area contributed by atoms with Crippen LogP contribution in [0, 0.1) is 0 Å². The molecule has 1 aromatic rings. The van der Waals surface area contributed by atoms with Crippen LogP contribution in [0.4, 0.5) is 0 Å². The van der Waals surface area contributed by atoms with E-state index in [2.05, 4.69) is 9.97 Å². The zero-order valence-electron chi connectivity index (χ0n) is 7.28. The Morgan fingerprint density at radius 3 is 2.85 bits per heavy atom. The van der Waals surface area contributed by atoms with Gasteiger partial charge in [-0.1, -0.05) is 0 Å². The molecule has 0 unspecified atom stereocenters. The molecule has 0 spiro atoms. The van der Waals surface area contributed by atoms with Crippen molar-refractivity contribution in [1.82, 2.24) is 9.97 Å². The number of hydrogen-bond donors (Lipinski definition) is 0. The van der Waals surface area contributed by atoms with Gasteiger partial charge in [0.05, 0.1) is 13.3 Å². The number of methoxy groups -OCH3 is 2. The molecule has 0 bridgehead atoms. The van der Waals surface area contributed by atoms with Gasteiger partial charge in [-0.25, -0.2) is 4.98 Å². The average molecular weight is 205 g/mol. The number of hydrogen-bond acceptors (Lipinski definition) is 5. The third-order valence-corrected chi connectivity index (χ3v) is 1.40. The number of nitrogens with zero attached hydrogens (tertiary/aromatic N) is 2. The summed E-state index contributed by atoms with van der Waals surface area (Å²) in [6, 6.07) is 0. The van der Waals surface area contributed by atoms with Gasteiger partial charge < -0.3 is 14.2 Å². The molecule has 0 N–H and O–H groups in total. The minimum Gasteiger partial charge on any atom is -0.478 e. The minimum absolute atomic E-state index is 0.112. The van der Waals surface area contributed by atoms with Crippen LogP contribution in [-0.4, -0.2) is 31.0 Å². The molecule has 0 aromatic carbocycles. The van der Waals surface area contributed by atoms with Crippen molar-refractivity contribution in [1.29, 1.82) is 0 Å². The lowest BCUT2D eigenvalue weighted by atomic mass is 10.6. The summed E-state index contributed by atoms with van der Waals surface area (Å²) in [4.78, 5) is 7.53. The fourth-order valence-electron chi connectivity index (χ4n) is 0.703. The second-order valence-corrected chi connectivity index (χ2v) is 2.40. The zero-order chi connectivity index (χ0) is 9.68. The summed E-state index contributed by atoms with van der Waals surface area (Å²) in [6.45, 7) is 0.112. The Hall–Kier alpha value is -1.07. The largest absolute Gasteiger partial charge is 0.478 e. The third-order valence-electron chi connectivity index (χ3n) is 1.22. The Labute approximate surface area is 80.6 Å². The van der Waals surface area contributed by atoms with Crippen molar-refractivity contribution in [3.8, 4) is 11.6 Å². The Morgan fingerprint density at radius 1 is 1.46 bits per heavy atom. The molecule has 1 heterocycles. The molecular weight excluding hydrogens is 196 g/mol. The van der Waals surface area contributed by atoms with Crippen molar-refractivity contribution in [2.45, 2.75) is 0 Å². The van der Waals surface area contributed by atoms with Gasteiger partial charge in [-0.3, -0.25) is 0 Å². The van der Waals surface area contributed by atoms with Crippen LogP contribution in [0.15, 0.2) is 6.20 Å². The summed E-state index contributed by atoms with van der Waals surface area (Å²) in [5, 5.41) is 0.113. The summed E-state index contributed by atoms with van der Waals surface area (Å²) >= 11 is 5.54. The van der Waals surface area contributed by atoms with E-state index in [0.29, 0.717) is 5.75 Å². The maximum absolute atomic E-state index is 5.54. The second-order valence-electron chi connectivity index (χ2n) is 2.06. The normalized spacial score (nSPS) is 9.77. The van der Waals surface area contributed by atoms with Crippen LogP contribution in [-0.2, 0) is 4.74 Å². The van der Waals surface area contributed by atoms with Crippen LogP contribution in [0.2, 0.25) is 5.28 Å². The monoisotopic (exact) mass is 204 g/mol. The molecule has 0 aliphatic heterocycles. The van der Waals surface area contributed by atoms with E-state index < -0.39 is 0 Å². The topological polar surface area (TPSA) is 53.5 Å². The molecule has 1 aromatic heterocycles. The van der Waals surface area contributed by atoms with Crippen LogP contribution in [0.5, 0.6) is 11.6 Å². The van der Waals surface area contributed by atoms with Gasteiger partial charge in [0.1, 0.15) is 0 Å². The highest BCUT2D eigenvalue weighted by Crippen LogP contribution is 2.23. The molecule has 0 atom stereocenters. The molecule has 0 fully saturated rings. The van der Waals surface area contributed by atoms with Crippen molar-refractivity contribution in [2.24, 2.45) is 0 Å². The number of ether oxygens (including phenoxy) is 3. The van der Waals surface area contributed by atoms with E-state index in [0.717, 1.165) is 0 Å². The lowest BCUT2D eigenvalue weighted by Gasteiger charge is -2.07. The predicted molar refractivity (Wildman–Crippen MR) is 46.1 cm³/mol. The Bertz CT molecular complexity index is 282. The van der Waals surface area contributed by atoms with Crippen molar-refractivity contribution in [3.05, 3.63) is 11.5 Å². The molecule has 5 nitrogen and oxygen atoms in total. The van der Waals surface area contributed by atoms with E-state index in [9.17, 15) is 0 Å². The van der Waals surface area contributed by atoms with E-state index >= 15 is 0 Å². The molecule has 0 saturated carbocycles. The maximum Gasteiger partial charge on any atom is 0.261 e. The molecule has 0 aliphatic carbocycles. The molecule has 0 radical (unpaired) electrons. The number of aromatic nitrogens is 2. The smallest absolute Gasteiger partial charge is 0.261 e. The molecular formula is C7H9ClN2O3. The van der Waals surface area contributed by atoms with Crippen molar-refractivity contribution in [2.75, 3.05) is 21.0 Å². The molecule has 1 rings (SSSR count). The van der Waals surface area contributed by atoms with Gasteiger partial charge in [-0.05, 0) is 11.6 Å². The quantitative estimate of drug-likeness (QED) is 0.544. The Kier molecular flexibility index (Phi) is 3.72. The van der Waals surface area contributed by atoms with Gasteiger partial charge >= 0.3 is 0 Å². The van der Waals surface area contributed by atoms with Crippen LogP contribution in [0.1, 0.15) is 0 Å². The highest BCUT2D eigenvalue weighted by molar-refractivity contribution is 6.28. The first-order valence-corrected chi connectivity index (χ1v) is 3.84. The first-order valence-electron chi connectivity index (χ1n) is 3.46. The van der Waals surface area contributed by atoms with E-state index in [1.165, 1.54) is 20.4 Å². The lowest BCUT2D eigenvalue weighted by Crippen LogP contribution is -2.02. The van der Waals surface area contributed by atoms with E-state index in [4.69, 9.17) is 25.8 Å². The van der Waals surface area contributed by atoms with Crippen molar-refractivity contribution < 1.29 is 14.2 Å². The predicted octanol–water partition coefficient (Wildman–Crippen LogP) is 1.12. The van der Waals surface area contributed by atoms with Crippen molar-refractivity contribution >= 4 is 11.6 Å². The van der Waals surface area contributed by atoms with Crippen molar-refractivity contribution in [3.63, 3.8) is 0 Å². The van der Waals surface area contributed by atoms with E-state index in [-0.39, 0.29) is 18.0 Å². The van der Waals surface area contributed by atoms with E-state index in [1.54, 1.807) is 0 Å². The molecule has 0 saturated heterocycles. The first kappa shape index (κ1) is 10.0. The molecule has 0 amide bonds. The number of halogens is 1. The van der Waals surface area contributed by atoms with Gasteiger partial charge in [0.2, 0.25) is 11.0 Å².